The average molecular weight is 470 g/mol. The number of sulfonamides is 1. The van der Waals surface area contributed by atoms with E-state index in [0.29, 0.717) is 17.2 Å². The van der Waals surface area contributed by atoms with Gasteiger partial charge < -0.3 is 10.6 Å². The standard InChI is InChI=1S/C22H26F3N3O3S/c1-14-5-3-4-6-18(14)21(29)27-17-7-8-20(19(13-17)22(23,24)25)32(30,31)28-15(2)16-9-11-26-12-10-16/h3-8,13,15-16,26,28H,9-12H2,1-2H3,(H,27,29). The highest BCUT2D eigenvalue weighted by atomic mass is 32.2. The number of piperidine rings is 1. The summed E-state index contributed by atoms with van der Waals surface area (Å²) in [6, 6.07) is 8.84. The summed E-state index contributed by atoms with van der Waals surface area (Å²) in [5.41, 5.74) is -0.493. The lowest BCUT2D eigenvalue weighted by Crippen LogP contribution is -2.42. The highest BCUT2D eigenvalue weighted by Gasteiger charge is 2.38. The lowest BCUT2D eigenvalue weighted by molar-refractivity contribution is -0.139. The summed E-state index contributed by atoms with van der Waals surface area (Å²) in [6.07, 6.45) is -3.45. The molecule has 1 atom stereocenters. The van der Waals surface area contributed by atoms with Crippen molar-refractivity contribution in [3.05, 3.63) is 59.2 Å². The highest BCUT2D eigenvalue weighted by molar-refractivity contribution is 7.89. The van der Waals surface area contributed by atoms with Gasteiger partial charge in [-0.15, -0.1) is 0 Å². The van der Waals surface area contributed by atoms with E-state index < -0.39 is 38.6 Å². The third kappa shape index (κ3) is 5.67. The molecule has 174 valence electrons. The lowest BCUT2D eigenvalue weighted by atomic mass is 9.92. The predicted molar refractivity (Wildman–Crippen MR) is 116 cm³/mol. The third-order valence-electron chi connectivity index (χ3n) is 5.65. The van der Waals surface area contributed by atoms with Crippen LogP contribution in [0.5, 0.6) is 0 Å². The molecule has 1 fully saturated rings. The van der Waals surface area contributed by atoms with E-state index in [1.165, 1.54) is 0 Å². The second-order valence-electron chi connectivity index (χ2n) is 7.98. The fourth-order valence-corrected chi connectivity index (χ4v) is 5.36. The zero-order valence-corrected chi connectivity index (χ0v) is 18.6. The van der Waals surface area contributed by atoms with Crippen LogP contribution in [0.1, 0.15) is 41.3 Å². The van der Waals surface area contributed by atoms with E-state index in [-0.39, 0.29) is 11.6 Å². The molecule has 3 N–H and O–H groups in total. The van der Waals surface area contributed by atoms with E-state index in [1.807, 2.05) is 0 Å². The Labute approximate surface area is 185 Å². The number of anilines is 1. The summed E-state index contributed by atoms with van der Waals surface area (Å²) < 4.78 is 69.4. The van der Waals surface area contributed by atoms with Gasteiger partial charge in [-0.2, -0.15) is 13.2 Å². The molecule has 0 aromatic heterocycles. The Morgan fingerprint density at radius 3 is 2.41 bits per heavy atom. The van der Waals surface area contributed by atoms with Crippen molar-refractivity contribution in [1.82, 2.24) is 10.0 Å². The van der Waals surface area contributed by atoms with Gasteiger partial charge in [-0.05, 0) is 75.5 Å². The number of hydrogen-bond donors (Lipinski definition) is 3. The average Bonchev–Trinajstić information content (AvgIpc) is 2.73. The molecule has 0 bridgehead atoms. The van der Waals surface area contributed by atoms with Crippen molar-refractivity contribution in [2.24, 2.45) is 5.92 Å². The van der Waals surface area contributed by atoms with Gasteiger partial charge in [0.1, 0.15) is 0 Å². The van der Waals surface area contributed by atoms with Crippen LogP contribution in [-0.2, 0) is 16.2 Å². The molecule has 0 aliphatic carbocycles. The smallest absolute Gasteiger partial charge is 0.322 e. The summed E-state index contributed by atoms with van der Waals surface area (Å²) in [6.45, 7) is 4.85. The number of alkyl halides is 3. The third-order valence-corrected chi connectivity index (χ3v) is 7.27. The minimum atomic E-state index is -4.93. The number of amides is 1. The molecular formula is C22H26F3N3O3S. The van der Waals surface area contributed by atoms with Gasteiger partial charge in [0.05, 0.1) is 10.5 Å². The normalized spacial score (nSPS) is 16.5. The number of carbonyl (C=O) groups is 1. The van der Waals surface area contributed by atoms with Gasteiger partial charge >= 0.3 is 6.18 Å². The van der Waals surface area contributed by atoms with Crippen molar-refractivity contribution in [3.63, 3.8) is 0 Å². The molecular weight excluding hydrogens is 443 g/mol. The first kappa shape index (κ1) is 24.2. The molecule has 1 amide bonds. The van der Waals surface area contributed by atoms with Gasteiger partial charge in [0.2, 0.25) is 10.0 Å². The molecule has 1 saturated heterocycles. The maximum absolute atomic E-state index is 13.8. The first-order valence-electron chi connectivity index (χ1n) is 10.3. The van der Waals surface area contributed by atoms with Crippen LogP contribution < -0.4 is 15.4 Å². The van der Waals surface area contributed by atoms with E-state index in [0.717, 1.165) is 38.1 Å². The van der Waals surface area contributed by atoms with Gasteiger partial charge in [-0.3, -0.25) is 4.79 Å². The van der Waals surface area contributed by atoms with Crippen molar-refractivity contribution >= 4 is 21.6 Å². The van der Waals surface area contributed by atoms with Crippen LogP contribution in [0.2, 0.25) is 0 Å². The molecule has 1 unspecified atom stereocenters. The number of rotatable bonds is 6. The molecule has 3 rings (SSSR count). The van der Waals surface area contributed by atoms with E-state index in [1.54, 1.807) is 38.1 Å². The number of halogens is 3. The molecule has 1 aliphatic rings. The van der Waals surface area contributed by atoms with E-state index in [2.05, 4.69) is 15.4 Å². The van der Waals surface area contributed by atoms with E-state index in [9.17, 15) is 26.4 Å². The number of aryl methyl sites for hydroxylation is 1. The molecule has 0 saturated carbocycles. The topological polar surface area (TPSA) is 87.3 Å². The van der Waals surface area contributed by atoms with Crippen molar-refractivity contribution in [3.8, 4) is 0 Å². The summed E-state index contributed by atoms with van der Waals surface area (Å²) in [5.74, 6) is -0.544. The van der Waals surface area contributed by atoms with Crippen LogP contribution in [-0.4, -0.2) is 33.5 Å². The van der Waals surface area contributed by atoms with Gasteiger partial charge in [0.25, 0.3) is 5.91 Å². The van der Waals surface area contributed by atoms with Crippen molar-refractivity contribution in [2.45, 2.75) is 43.8 Å². The number of benzene rings is 2. The number of carbonyl (C=O) groups excluding carboxylic acids is 1. The summed E-state index contributed by atoms with van der Waals surface area (Å²) in [4.78, 5) is 11.6. The summed E-state index contributed by atoms with van der Waals surface area (Å²) in [7, 11) is -4.43. The van der Waals surface area contributed by atoms with Crippen LogP contribution >= 0.6 is 0 Å². The maximum Gasteiger partial charge on any atom is 0.417 e. The van der Waals surface area contributed by atoms with Crippen LogP contribution in [0.15, 0.2) is 47.4 Å². The Morgan fingerprint density at radius 1 is 1.12 bits per heavy atom. The fraction of sp³-hybridized carbons (Fsp3) is 0.409. The Bertz CT molecular complexity index is 1080. The molecule has 0 spiro atoms. The van der Waals surface area contributed by atoms with Crippen molar-refractivity contribution < 1.29 is 26.4 Å². The summed E-state index contributed by atoms with van der Waals surface area (Å²) >= 11 is 0. The van der Waals surface area contributed by atoms with Crippen LogP contribution in [0.3, 0.4) is 0 Å². The van der Waals surface area contributed by atoms with Crippen LogP contribution in [0.4, 0.5) is 18.9 Å². The van der Waals surface area contributed by atoms with Gasteiger partial charge in [-0.1, -0.05) is 18.2 Å². The van der Waals surface area contributed by atoms with Crippen molar-refractivity contribution in [2.75, 3.05) is 18.4 Å². The maximum atomic E-state index is 13.8. The number of hydrogen-bond acceptors (Lipinski definition) is 4. The fourth-order valence-electron chi connectivity index (χ4n) is 3.84. The molecule has 10 heteroatoms. The van der Waals surface area contributed by atoms with Crippen LogP contribution in [0.25, 0.3) is 0 Å². The molecule has 2 aromatic carbocycles. The zero-order valence-electron chi connectivity index (χ0n) is 17.8. The lowest BCUT2D eigenvalue weighted by Gasteiger charge is -2.29. The molecule has 6 nitrogen and oxygen atoms in total. The second-order valence-corrected chi connectivity index (χ2v) is 9.66. The Morgan fingerprint density at radius 2 is 1.78 bits per heavy atom. The zero-order chi connectivity index (χ0) is 23.5. The van der Waals surface area contributed by atoms with E-state index in [4.69, 9.17) is 0 Å². The summed E-state index contributed by atoms with van der Waals surface area (Å²) in [5, 5.41) is 5.59. The first-order valence-corrected chi connectivity index (χ1v) is 11.8. The van der Waals surface area contributed by atoms with Gasteiger partial charge in [-0.25, -0.2) is 13.1 Å². The second kappa shape index (κ2) is 9.60. The Balaban J connectivity index is 1.88. The van der Waals surface area contributed by atoms with Crippen LogP contribution in [0, 0.1) is 12.8 Å². The largest absolute Gasteiger partial charge is 0.417 e. The molecule has 0 radical (unpaired) electrons. The van der Waals surface area contributed by atoms with E-state index >= 15 is 0 Å². The predicted octanol–water partition coefficient (Wildman–Crippen LogP) is 3.93. The number of nitrogens with one attached hydrogen (secondary N) is 3. The minimum Gasteiger partial charge on any atom is -0.322 e. The van der Waals surface area contributed by atoms with Gasteiger partial charge in [0.15, 0.2) is 0 Å². The Hall–Kier alpha value is -2.43. The molecule has 32 heavy (non-hydrogen) atoms. The minimum absolute atomic E-state index is 0.0352. The molecule has 2 aromatic rings. The van der Waals surface area contributed by atoms with Gasteiger partial charge in [0, 0.05) is 17.3 Å². The SMILES string of the molecule is Cc1ccccc1C(=O)Nc1ccc(S(=O)(=O)NC(C)C2CCNCC2)c(C(F)(F)F)c1. The Kier molecular flexibility index (Phi) is 7.26. The monoisotopic (exact) mass is 469 g/mol. The highest BCUT2D eigenvalue weighted by Crippen LogP contribution is 2.36. The van der Waals surface area contributed by atoms with Crippen molar-refractivity contribution in [1.29, 1.82) is 0 Å². The molecule has 1 aliphatic heterocycles. The quantitative estimate of drug-likeness (QED) is 0.598. The molecule has 1 heterocycles. The first-order chi connectivity index (χ1) is 15.0.